The first-order chi connectivity index (χ1) is 11.6. The van der Waals surface area contributed by atoms with Crippen LogP contribution in [0.2, 0.25) is 0 Å². The normalized spacial score (nSPS) is 10.8. The van der Waals surface area contributed by atoms with Crippen molar-refractivity contribution in [2.75, 3.05) is 19.5 Å². The SMILES string of the molecule is CCc1nc(NCc2ccc(OC)cc2OC)c2cc(C)sc2n1. The van der Waals surface area contributed by atoms with Gasteiger partial charge in [-0.1, -0.05) is 6.92 Å². The van der Waals surface area contributed by atoms with Crippen LogP contribution in [0.1, 0.15) is 23.2 Å². The fourth-order valence-corrected chi connectivity index (χ4v) is 3.45. The summed E-state index contributed by atoms with van der Waals surface area (Å²) in [6, 6.07) is 7.95. The Balaban J connectivity index is 1.90. The summed E-state index contributed by atoms with van der Waals surface area (Å²) in [7, 11) is 3.31. The van der Waals surface area contributed by atoms with E-state index < -0.39 is 0 Å². The van der Waals surface area contributed by atoms with Gasteiger partial charge in [-0.15, -0.1) is 11.3 Å². The number of ether oxygens (including phenoxy) is 2. The van der Waals surface area contributed by atoms with Crippen LogP contribution in [-0.2, 0) is 13.0 Å². The number of nitrogens with zero attached hydrogens (tertiary/aromatic N) is 2. The van der Waals surface area contributed by atoms with E-state index in [0.717, 1.165) is 45.3 Å². The number of methoxy groups -OCH3 is 2. The highest BCUT2D eigenvalue weighted by molar-refractivity contribution is 7.18. The predicted octanol–water partition coefficient (Wildman–Crippen LogP) is 4.19. The molecule has 0 spiro atoms. The van der Waals surface area contributed by atoms with Crippen LogP contribution < -0.4 is 14.8 Å². The van der Waals surface area contributed by atoms with E-state index in [9.17, 15) is 0 Å². The van der Waals surface area contributed by atoms with E-state index >= 15 is 0 Å². The summed E-state index contributed by atoms with van der Waals surface area (Å²) in [5, 5.41) is 4.51. The highest BCUT2D eigenvalue weighted by Crippen LogP contribution is 2.30. The van der Waals surface area contributed by atoms with E-state index in [2.05, 4.69) is 35.2 Å². The van der Waals surface area contributed by atoms with Gasteiger partial charge in [0, 0.05) is 29.5 Å². The fraction of sp³-hybridized carbons (Fsp3) is 0.333. The molecule has 0 bridgehead atoms. The lowest BCUT2D eigenvalue weighted by atomic mass is 10.2. The summed E-state index contributed by atoms with van der Waals surface area (Å²) in [6.07, 6.45) is 0.813. The lowest BCUT2D eigenvalue weighted by molar-refractivity contribution is 0.391. The molecular weight excluding hydrogens is 322 g/mol. The third-order valence-corrected chi connectivity index (χ3v) is 4.76. The molecule has 0 atom stereocenters. The molecule has 6 heteroatoms. The molecule has 1 N–H and O–H groups in total. The van der Waals surface area contributed by atoms with Gasteiger partial charge in [-0.05, 0) is 25.1 Å². The van der Waals surface area contributed by atoms with Crippen LogP contribution in [0.5, 0.6) is 11.5 Å². The third-order valence-electron chi connectivity index (χ3n) is 3.82. The minimum absolute atomic E-state index is 0.622. The van der Waals surface area contributed by atoms with Crippen molar-refractivity contribution >= 4 is 27.4 Å². The molecule has 2 heterocycles. The second kappa shape index (κ2) is 7.05. The number of hydrogen-bond donors (Lipinski definition) is 1. The van der Waals surface area contributed by atoms with E-state index in [1.807, 2.05) is 18.2 Å². The molecule has 0 aliphatic rings. The zero-order valence-corrected chi connectivity index (χ0v) is 15.2. The fourth-order valence-electron chi connectivity index (χ4n) is 2.56. The van der Waals surface area contributed by atoms with Gasteiger partial charge in [-0.25, -0.2) is 9.97 Å². The van der Waals surface area contributed by atoms with Gasteiger partial charge in [0.15, 0.2) is 0 Å². The Bertz CT molecular complexity index is 861. The minimum atomic E-state index is 0.622. The monoisotopic (exact) mass is 343 g/mol. The number of aryl methyl sites for hydroxylation is 2. The van der Waals surface area contributed by atoms with Gasteiger partial charge >= 0.3 is 0 Å². The number of benzene rings is 1. The Morgan fingerprint density at radius 1 is 1.12 bits per heavy atom. The summed E-state index contributed by atoms with van der Waals surface area (Å²) < 4.78 is 10.7. The Hall–Kier alpha value is -2.34. The van der Waals surface area contributed by atoms with Gasteiger partial charge in [0.1, 0.15) is 28.0 Å². The molecule has 5 nitrogen and oxygen atoms in total. The summed E-state index contributed by atoms with van der Waals surface area (Å²) in [5.74, 6) is 3.30. The number of rotatable bonds is 6. The standard InChI is InChI=1S/C18H21N3O2S/c1-5-16-20-17(14-8-11(2)24-18(14)21-16)19-10-12-6-7-13(22-3)9-15(12)23-4/h6-9H,5,10H2,1-4H3,(H,19,20,21). The largest absolute Gasteiger partial charge is 0.497 e. The molecule has 0 unspecified atom stereocenters. The number of fused-ring (bicyclic) bond motifs is 1. The average molecular weight is 343 g/mol. The smallest absolute Gasteiger partial charge is 0.138 e. The van der Waals surface area contributed by atoms with Gasteiger partial charge in [0.2, 0.25) is 0 Å². The topological polar surface area (TPSA) is 56.3 Å². The molecule has 0 aliphatic heterocycles. The zero-order chi connectivity index (χ0) is 17.1. The second-order valence-corrected chi connectivity index (χ2v) is 6.68. The molecular formula is C18H21N3O2S. The van der Waals surface area contributed by atoms with Crippen molar-refractivity contribution in [3.05, 3.63) is 40.5 Å². The summed E-state index contributed by atoms with van der Waals surface area (Å²) in [6.45, 7) is 4.78. The molecule has 1 aromatic carbocycles. The number of nitrogens with one attached hydrogen (secondary N) is 1. The van der Waals surface area contributed by atoms with Crippen LogP contribution >= 0.6 is 11.3 Å². The van der Waals surface area contributed by atoms with Crippen molar-refractivity contribution in [3.8, 4) is 11.5 Å². The molecule has 3 aromatic rings. The molecule has 0 saturated heterocycles. The lowest BCUT2D eigenvalue weighted by Gasteiger charge is -2.12. The van der Waals surface area contributed by atoms with Crippen LogP contribution in [0.4, 0.5) is 5.82 Å². The molecule has 3 rings (SSSR count). The van der Waals surface area contributed by atoms with Crippen molar-refractivity contribution in [1.82, 2.24) is 9.97 Å². The average Bonchev–Trinajstić information content (AvgIpc) is 2.99. The molecule has 24 heavy (non-hydrogen) atoms. The first kappa shape index (κ1) is 16.5. The summed E-state index contributed by atoms with van der Waals surface area (Å²) in [4.78, 5) is 11.5. The Kier molecular flexibility index (Phi) is 4.85. The molecule has 126 valence electrons. The van der Waals surface area contributed by atoms with Crippen LogP contribution in [0.25, 0.3) is 10.2 Å². The number of aromatic nitrogens is 2. The van der Waals surface area contributed by atoms with Crippen molar-refractivity contribution in [2.24, 2.45) is 0 Å². The van der Waals surface area contributed by atoms with Crippen molar-refractivity contribution in [3.63, 3.8) is 0 Å². The third kappa shape index (κ3) is 3.28. The predicted molar refractivity (Wildman–Crippen MR) is 98.4 cm³/mol. The van der Waals surface area contributed by atoms with Crippen LogP contribution in [0.15, 0.2) is 24.3 Å². The van der Waals surface area contributed by atoms with E-state index in [4.69, 9.17) is 9.47 Å². The second-order valence-electron chi connectivity index (χ2n) is 5.45. The van der Waals surface area contributed by atoms with E-state index in [-0.39, 0.29) is 0 Å². The van der Waals surface area contributed by atoms with Gasteiger partial charge < -0.3 is 14.8 Å². The first-order valence-corrected chi connectivity index (χ1v) is 8.68. The molecule has 0 fully saturated rings. The van der Waals surface area contributed by atoms with Crippen molar-refractivity contribution < 1.29 is 9.47 Å². The molecule has 0 radical (unpaired) electrons. The number of hydrogen-bond acceptors (Lipinski definition) is 6. The van der Waals surface area contributed by atoms with Gasteiger partial charge in [-0.3, -0.25) is 0 Å². The first-order valence-electron chi connectivity index (χ1n) is 7.86. The summed E-state index contributed by atoms with van der Waals surface area (Å²) in [5.41, 5.74) is 1.05. The van der Waals surface area contributed by atoms with Crippen molar-refractivity contribution in [2.45, 2.75) is 26.8 Å². The maximum atomic E-state index is 5.46. The number of anilines is 1. The lowest BCUT2D eigenvalue weighted by Crippen LogP contribution is -2.06. The molecule has 0 saturated carbocycles. The van der Waals surface area contributed by atoms with E-state index in [0.29, 0.717) is 6.54 Å². The maximum Gasteiger partial charge on any atom is 0.138 e. The molecule has 0 aliphatic carbocycles. The van der Waals surface area contributed by atoms with Gasteiger partial charge in [-0.2, -0.15) is 0 Å². The molecule has 0 amide bonds. The van der Waals surface area contributed by atoms with Crippen LogP contribution in [0, 0.1) is 6.92 Å². The summed E-state index contributed by atoms with van der Waals surface area (Å²) >= 11 is 1.70. The van der Waals surface area contributed by atoms with Crippen LogP contribution in [0.3, 0.4) is 0 Å². The highest BCUT2D eigenvalue weighted by atomic mass is 32.1. The van der Waals surface area contributed by atoms with E-state index in [1.165, 1.54) is 4.88 Å². The minimum Gasteiger partial charge on any atom is -0.497 e. The van der Waals surface area contributed by atoms with Crippen molar-refractivity contribution in [1.29, 1.82) is 0 Å². The Morgan fingerprint density at radius 3 is 2.67 bits per heavy atom. The van der Waals surface area contributed by atoms with Gasteiger partial charge in [0.05, 0.1) is 19.6 Å². The highest BCUT2D eigenvalue weighted by Gasteiger charge is 2.11. The maximum absolute atomic E-state index is 5.46. The molecule has 2 aromatic heterocycles. The zero-order valence-electron chi connectivity index (χ0n) is 14.3. The number of thiophene rings is 1. The van der Waals surface area contributed by atoms with Crippen LogP contribution in [-0.4, -0.2) is 24.2 Å². The quantitative estimate of drug-likeness (QED) is 0.727. The Labute approximate surface area is 145 Å². The van der Waals surface area contributed by atoms with Gasteiger partial charge in [0.25, 0.3) is 0 Å². The Morgan fingerprint density at radius 2 is 1.96 bits per heavy atom. The van der Waals surface area contributed by atoms with E-state index in [1.54, 1.807) is 25.6 Å².